The van der Waals surface area contributed by atoms with Gasteiger partial charge in [0.15, 0.2) is 0 Å². The van der Waals surface area contributed by atoms with Crippen LogP contribution in [0.2, 0.25) is 0 Å². The van der Waals surface area contributed by atoms with Crippen molar-refractivity contribution in [2.24, 2.45) is 0 Å². The van der Waals surface area contributed by atoms with E-state index in [1.807, 2.05) is 17.8 Å². The SMILES string of the molecule is CCCNC(C)c1c(F)cccc1N1CCCSCC1. The molecule has 1 N–H and O–H groups in total. The monoisotopic (exact) mass is 296 g/mol. The lowest BCUT2D eigenvalue weighted by Gasteiger charge is -2.28. The summed E-state index contributed by atoms with van der Waals surface area (Å²) in [5.41, 5.74) is 1.90. The zero-order valence-corrected chi connectivity index (χ0v) is 13.3. The van der Waals surface area contributed by atoms with Gasteiger partial charge in [0, 0.05) is 36.1 Å². The first-order valence-corrected chi connectivity index (χ1v) is 8.74. The van der Waals surface area contributed by atoms with Gasteiger partial charge in [-0.2, -0.15) is 11.8 Å². The number of rotatable bonds is 5. The van der Waals surface area contributed by atoms with Crippen molar-refractivity contribution in [3.8, 4) is 0 Å². The molecule has 1 heterocycles. The molecule has 1 atom stereocenters. The van der Waals surface area contributed by atoms with Crippen molar-refractivity contribution < 1.29 is 4.39 Å². The topological polar surface area (TPSA) is 15.3 Å². The lowest BCUT2D eigenvalue weighted by atomic mass is 10.0. The molecule has 1 aromatic carbocycles. The summed E-state index contributed by atoms with van der Waals surface area (Å²) in [5, 5.41) is 3.41. The van der Waals surface area contributed by atoms with Gasteiger partial charge in [0.1, 0.15) is 5.82 Å². The highest BCUT2D eigenvalue weighted by molar-refractivity contribution is 7.99. The van der Waals surface area contributed by atoms with Crippen LogP contribution in [0.5, 0.6) is 0 Å². The Morgan fingerprint density at radius 2 is 2.20 bits per heavy atom. The Labute approximate surface area is 126 Å². The molecule has 0 spiro atoms. The second-order valence-electron chi connectivity index (χ2n) is 5.30. The normalized spacial score (nSPS) is 17.9. The number of hydrogen-bond acceptors (Lipinski definition) is 3. The Morgan fingerprint density at radius 1 is 1.35 bits per heavy atom. The number of nitrogens with zero attached hydrogens (tertiary/aromatic N) is 1. The quantitative estimate of drug-likeness (QED) is 0.889. The zero-order chi connectivity index (χ0) is 14.4. The maximum absolute atomic E-state index is 14.3. The molecule has 1 fully saturated rings. The van der Waals surface area contributed by atoms with Gasteiger partial charge in [-0.3, -0.25) is 0 Å². The average Bonchev–Trinajstić information content (AvgIpc) is 2.73. The van der Waals surface area contributed by atoms with Crippen LogP contribution in [0.3, 0.4) is 0 Å². The van der Waals surface area contributed by atoms with Gasteiger partial charge in [0.2, 0.25) is 0 Å². The largest absolute Gasteiger partial charge is 0.370 e. The molecule has 1 aromatic rings. The lowest BCUT2D eigenvalue weighted by Crippen LogP contribution is -2.29. The fraction of sp³-hybridized carbons (Fsp3) is 0.625. The summed E-state index contributed by atoms with van der Waals surface area (Å²) in [4.78, 5) is 2.35. The standard InChI is InChI=1S/C16H25FN2S/c1-3-8-18-13(2)16-14(17)6-4-7-15(16)19-9-5-11-20-12-10-19/h4,6-7,13,18H,3,5,8-12H2,1-2H3. The van der Waals surface area contributed by atoms with Gasteiger partial charge in [-0.05, 0) is 44.2 Å². The molecular weight excluding hydrogens is 271 g/mol. The van der Waals surface area contributed by atoms with Gasteiger partial charge >= 0.3 is 0 Å². The Hall–Kier alpha value is -0.740. The van der Waals surface area contributed by atoms with Crippen molar-refractivity contribution in [1.82, 2.24) is 5.32 Å². The van der Waals surface area contributed by atoms with Gasteiger partial charge in [-0.25, -0.2) is 4.39 Å². The second kappa shape index (κ2) is 7.89. The first kappa shape index (κ1) is 15.6. The van der Waals surface area contributed by atoms with Gasteiger partial charge in [-0.15, -0.1) is 0 Å². The summed E-state index contributed by atoms with van der Waals surface area (Å²) in [6, 6.07) is 5.54. The van der Waals surface area contributed by atoms with Gasteiger partial charge in [-0.1, -0.05) is 13.0 Å². The van der Waals surface area contributed by atoms with E-state index in [1.54, 1.807) is 6.07 Å². The van der Waals surface area contributed by atoms with E-state index in [9.17, 15) is 4.39 Å². The Kier molecular flexibility index (Phi) is 6.17. The smallest absolute Gasteiger partial charge is 0.130 e. The number of anilines is 1. The fourth-order valence-corrected chi connectivity index (χ4v) is 3.57. The molecule has 0 aliphatic carbocycles. The summed E-state index contributed by atoms with van der Waals surface area (Å²) in [5.74, 6) is 2.26. The van der Waals surface area contributed by atoms with Crippen molar-refractivity contribution in [2.75, 3.05) is 36.0 Å². The first-order chi connectivity index (χ1) is 9.74. The average molecular weight is 296 g/mol. The van der Waals surface area contributed by atoms with E-state index >= 15 is 0 Å². The molecule has 1 unspecified atom stereocenters. The molecule has 0 amide bonds. The Balaban J connectivity index is 2.24. The molecule has 1 aliphatic heterocycles. The minimum atomic E-state index is -0.0875. The van der Waals surface area contributed by atoms with E-state index in [-0.39, 0.29) is 11.9 Å². The van der Waals surface area contributed by atoms with Crippen LogP contribution >= 0.6 is 11.8 Å². The summed E-state index contributed by atoms with van der Waals surface area (Å²) in [7, 11) is 0. The molecule has 0 saturated carbocycles. The van der Waals surface area contributed by atoms with Crippen LogP contribution in [-0.4, -0.2) is 31.1 Å². The minimum Gasteiger partial charge on any atom is -0.370 e. The third-order valence-electron chi connectivity index (χ3n) is 3.73. The van der Waals surface area contributed by atoms with Crippen molar-refractivity contribution >= 4 is 17.4 Å². The molecule has 4 heteroatoms. The molecule has 0 aromatic heterocycles. The predicted octanol–water partition coefficient (Wildman–Crippen LogP) is 3.83. The highest BCUT2D eigenvalue weighted by atomic mass is 32.2. The second-order valence-corrected chi connectivity index (χ2v) is 6.53. The lowest BCUT2D eigenvalue weighted by molar-refractivity contribution is 0.526. The van der Waals surface area contributed by atoms with Crippen molar-refractivity contribution in [1.29, 1.82) is 0 Å². The molecule has 2 nitrogen and oxygen atoms in total. The number of benzene rings is 1. The van der Waals surface area contributed by atoms with Crippen LogP contribution in [0.15, 0.2) is 18.2 Å². The maximum Gasteiger partial charge on any atom is 0.130 e. The van der Waals surface area contributed by atoms with Gasteiger partial charge in [0.25, 0.3) is 0 Å². The van der Waals surface area contributed by atoms with E-state index < -0.39 is 0 Å². The van der Waals surface area contributed by atoms with E-state index in [0.29, 0.717) is 0 Å². The molecule has 1 saturated heterocycles. The first-order valence-electron chi connectivity index (χ1n) is 7.58. The number of nitrogens with one attached hydrogen (secondary N) is 1. The van der Waals surface area contributed by atoms with Gasteiger partial charge in [0.05, 0.1) is 0 Å². The number of thioether (sulfide) groups is 1. The van der Waals surface area contributed by atoms with Crippen LogP contribution in [0, 0.1) is 5.82 Å². The molecule has 112 valence electrons. The van der Waals surface area contributed by atoms with E-state index in [1.165, 1.54) is 12.2 Å². The summed E-state index contributed by atoms with van der Waals surface area (Å²) in [6.45, 7) is 7.16. The maximum atomic E-state index is 14.3. The molecule has 0 bridgehead atoms. The fourth-order valence-electron chi connectivity index (χ4n) is 2.68. The summed E-state index contributed by atoms with van der Waals surface area (Å²) < 4.78 is 14.3. The number of hydrogen-bond donors (Lipinski definition) is 1. The summed E-state index contributed by atoms with van der Waals surface area (Å²) in [6.07, 6.45) is 2.24. The van der Waals surface area contributed by atoms with Gasteiger partial charge < -0.3 is 10.2 Å². The van der Waals surface area contributed by atoms with E-state index in [2.05, 4.69) is 30.1 Å². The third kappa shape index (κ3) is 3.89. The van der Waals surface area contributed by atoms with E-state index in [4.69, 9.17) is 0 Å². The number of halogens is 1. The van der Waals surface area contributed by atoms with Crippen LogP contribution in [-0.2, 0) is 0 Å². The van der Waals surface area contributed by atoms with Crippen molar-refractivity contribution in [2.45, 2.75) is 32.7 Å². The molecule has 1 aliphatic rings. The zero-order valence-electron chi connectivity index (χ0n) is 12.5. The molecule has 0 radical (unpaired) electrons. The third-order valence-corrected chi connectivity index (χ3v) is 4.77. The van der Waals surface area contributed by atoms with Crippen LogP contribution < -0.4 is 10.2 Å². The summed E-state index contributed by atoms with van der Waals surface area (Å²) >= 11 is 2.00. The minimum absolute atomic E-state index is 0.0575. The predicted molar refractivity (Wildman–Crippen MR) is 87.3 cm³/mol. The van der Waals surface area contributed by atoms with Crippen LogP contribution in [0.4, 0.5) is 10.1 Å². The van der Waals surface area contributed by atoms with E-state index in [0.717, 1.165) is 43.1 Å². The van der Waals surface area contributed by atoms with Crippen molar-refractivity contribution in [3.05, 3.63) is 29.6 Å². The van der Waals surface area contributed by atoms with Crippen molar-refractivity contribution in [3.63, 3.8) is 0 Å². The van der Waals surface area contributed by atoms with Crippen LogP contribution in [0.25, 0.3) is 0 Å². The Morgan fingerprint density at radius 3 is 3.00 bits per heavy atom. The Bertz CT molecular complexity index is 417. The molecule has 2 rings (SSSR count). The molecule has 20 heavy (non-hydrogen) atoms. The highest BCUT2D eigenvalue weighted by Gasteiger charge is 2.20. The van der Waals surface area contributed by atoms with Crippen LogP contribution in [0.1, 0.15) is 38.3 Å². The highest BCUT2D eigenvalue weighted by Crippen LogP contribution is 2.30. The molecular formula is C16H25FN2S.